The molecule has 1 saturated heterocycles. The third-order valence-electron chi connectivity index (χ3n) is 3.20. The molecule has 1 fully saturated rings. The second kappa shape index (κ2) is 5.27. The van der Waals surface area contributed by atoms with Crippen LogP contribution in [0.15, 0.2) is 18.2 Å². The van der Waals surface area contributed by atoms with Crippen molar-refractivity contribution in [1.82, 2.24) is 10.2 Å². The number of hydrogen-bond donors (Lipinski definition) is 2. The zero-order chi connectivity index (χ0) is 13.1. The van der Waals surface area contributed by atoms with Crippen LogP contribution in [0.3, 0.4) is 0 Å². The third-order valence-corrected chi connectivity index (χ3v) is 3.20. The first-order chi connectivity index (χ1) is 8.60. The lowest BCUT2D eigenvalue weighted by molar-refractivity contribution is 0.0935. The second-order valence-corrected chi connectivity index (χ2v) is 4.68. The largest absolute Gasteiger partial charge is 0.496 e. The van der Waals surface area contributed by atoms with Crippen LogP contribution in [0.4, 0.5) is 5.69 Å². The molecule has 2 rings (SSSR count). The van der Waals surface area contributed by atoms with Crippen molar-refractivity contribution in [1.29, 1.82) is 0 Å². The molecule has 5 nitrogen and oxygen atoms in total. The number of nitrogens with two attached hydrogens (primary N) is 1. The van der Waals surface area contributed by atoms with Gasteiger partial charge in [0.1, 0.15) is 5.75 Å². The van der Waals surface area contributed by atoms with Crippen molar-refractivity contribution in [3.8, 4) is 5.75 Å². The van der Waals surface area contributed by atoms with Crippen LogP contribution in [0.2, 0.25) is 0 Å². The quantitative estimate of drug-likeness (QED) is 0.774. The van der Waals surface area contributed by atoms with Crippen molar-refractivity contribution in [3.05, 3.63) is 23.8 Å². The number of amides is 1. The van der Waals surface area contributed by atoms with Crippen LogP contribution in [0.25, 0.3) is 0 Å². The second-order valence-electron chi connectivity index (χ2n) is 4.68. The van der Waals surface area contributed by atoms with Gasteiger partial charge in [0, 0.05) is 24.3 Å². The van der Waals surface area contributed by atoms with Crippen LogP contribution in [-0.4, -0.2) is 44.1 Å². The Labute approximate surface area is 107 Å². The fourth-order valence-electron chi connectivity index (χ4n) is 2.21. The van der Waals surface area contributed by atoms with Gasteiger partial charge in [0.05, 0.1) is 12.7 Å². The van der Waals surface area contributed by atoms with Gasteiger partial charge < -0.3 is 20.7 Å². The summed E-state index contributed by atoms with van der Waals surface area (Å²) in [5.74, 6) is 0.408. The molecule has 1 aromatic rings. The van der Waals surface area contributed by atoms with Crippen LogP contribution in [0, 0.1) is 0 Å². The van der Waals surface area contributed by atoms with Crippen LogP contribution >= 0.6 is 0 Å². The van der Waals surface area contributed by atoms with Crippen molar-refractivity contribution in [2.75, 3.05) is 33.0 Å². The van der Waals surface area contributed by atoms with Gasteiger partial charge in [0.25, 0.3) is 5.91 Å². The monoisotopic (exact) mass is 249 g/mol. The predicted octanol–water partition coefficient (Wildman–Crippen LogP) is 0.711. The van der Waals surface area contributed by atoms with Crippen LogP contribution in [-0.2, 0) is 0 Å². The van der Waals surface area contributed by atoms with Crippen LogP contribution in [0.1, 0.15) is 16.8 Å². The number of likely N-dealkylation sites (tertiary alicyclic amines) is 1. The lowest BCUT2D eigenvalue weighted by Crippen LogP contribution is -2.36. The minimum Gasteiger partial charge on any atom is -0.496 e. The van der Waals surface area contributed by atoms with Gasteiger partial charge in [-0.3, -0.25) is 4.79 Å². The van der Waals surface area contributed by atoms with Gasteiger partial charge in [-0.05, 0) is 32.1 Å². The van der Waals surface area contributed by atoms with E-state index < -0.39 is 0 Å². The molecule has 0 spiro atoms. The molecule has 0 bridgehead atoms. The van der Waals surface area contributed by atoms with Gasteiger partial charge in [-0.25, -0.2) is 0 Å². The number of hydrogen-bond acceptors (Lipinski definition) is 4. The molecule has 3 N–H and O–H groups in total. The summed E-state index contributed by atoms with van der Waals surface area (Å²) in [5.41, 5.74) is 6.78. The van der Waals surface area contributed by atoms with E-state index in [1.807, 2.05) is 0 Å². The minimum atomic E-state index is -0.104. The van der Waals surface area contributed by atoms with E-state index >= 15 is 0 Å². The van der Waals surface area contributed by atoms with Gasteiger partial charge in [0.2, 0.25) is 0 Å². The standard InChI is InChI=1S/C13H19N3O2/c1-16-6-5-10(8-16)15-13(17)11-4-3-9(14)7-12(11)18-2/h3-4,7,10H,5-6,8,14H2,1-2H3,(H,15,17). The molecule has 0 aliphatic carbocycles. The first-order valence-corrected chi connectivity index (χ1v) is 6.03. The highest BCUT2D eigenvalue weighted by molar-refractivity contribution is 5.97. The molecule has 1 aromatic carbocycles. The Morgan fingerprint density at radius 1 is 1.56 bits per heavy atom. The Balaban J connectivity index is 2.09. The normalized spacial score (nSPS) is 19.8. The van der Waals surface area contributed by atoms with Crippen molar-refractivity contribution in [2.24, 2.45) is 0 Å². The molecule has 1 unspecified atom stereocenters. The number of rotatable bonds is 3. The fraction of sp³-hybridized carbons (Fsp3) is 0.462. The number of ether oxygens (including phenoxy) is 1. The smallest absolute Gasteiger partial charge is 0.255 e. The molecule has 98 valence electrons. The molecule has 5 heteroatoms. The summed E-state index contributed by atoms with van der Waals surface area (Å²) in [7, 11) is 3.59. The van der Waals surface area contributed by atoms with E-state index in [0.29, 0.717) is 17.0 Å². The zero-order valence-corrected chi connectivity index (χ0v) is 10.8. The van der Waals surface area contributed by atoms with E-state index in [1.54, 1.807) is 18.2 Å². The number of carbonyl (C=O) groups is 1. The molecule has 1 atom stereocenters. The molecule has 1 aliphatic rings. The molecule has 1 amide bonds. The maximum absolute atomic E-state index is 12.1. The summed E-state index contributed by atoms with van der Waals surface area (Å²) in [6, 6.07) is 5.28. The molecule has 18 heavy (non-hydrogen) atoms. The topological polar surface area (TPSA) is 67.6 Å². The summed E-state index contributed by atoms with van der Waals surface area (Å²) < 4.78 is 5.18. The molecule has 0 radical (unpaired) electrons. The first-order valence-electron chi connectivity index (χ1n) is 6.03. The van der Waals surface area contributed by atoms with E-state index in [2.05, 4.69) is 17.3 Å². The van der Waals surface area contributed by atoms with Crippen molar-refractivity contribution in [3.63, 3.8) is 0 Å². The maximum Gasteiger partial charge on any atom is 0.255 e. The van der Waals surface area contributed by atoms with E-state index in [1.165, 1.54) is 7.11 Å². The Kier molecular flexibility index (Phi) is 3.72. The van der Waals surface area contributed by atoms with Crippen LogP contribution in [0.5, 0.6) is 5.75 Å². The molecule has 1 aliphatic heterocycles. The van der Waals surface area contributed by atoms with E-state index in [0.717, 1.165) is 19.5 Å². The van der Waals surface area contributed by atoms with Gasteiger partial charge in [0.15, 0.2) is 0 Å². The Morgan fingerprint density at radius 2 is 2.33 bits per heavy atom. The maximum atomic E-state index is 12.1. The highest BCUT2D eigenvalue weighted by Gasteiger charge is 2.22. The molecular weight excluding hydrogens is 230 g/mol. The minimum absolute atomic E-state index is 0.104. The number of carbonyl (C=O) groups excluding carboxylic acids is 1. The Bertz CT molecular complexity index is 448. The highest BCUT2D eigenvalue weighted by Crippen LogP contribution is 2.21. The summed E-state index contributed by atoms with van der Waals surface area (Å²) in [4.78, 5) is 14.3. The van der Waals surface area contributed by atoms with Gasteiger partial charge >= 0.3 is 0 Å². The lowest BCUT2D eigenvalue weighted by Gasteiger charge is -2.14. The highest BCUT2D eigenvalue weighted by atomic mass is 16.5. The number of nitrogens with one attached hydrogen (secondary N) is 1. The van der Waals surface area contributed by atoms with Crippen LogP contribution < -0.4 is 15.8 Å². The first kappa shape index (κ1) is 12.7. The van der Waals surface area contributed by atoms with Gasteiger partial charge in [-0.1, -0.05) is 0 Å². The van der Waals surface area contributed by atoms with E-state index in [9.17, 15) is 4.79 Å². The molecule has 1 heterocycles. The average molecular weight is 249 g/mol. The summed E-state index contributed by atoms with van der Waals surface area (Å²) in [5, 5.41) is 3.02. The van der Waals surface area contributed by atoms with E-state index in [4.69, 9.17) is 10.5 Å². The van der Waals surface area contributed by atoms with Crippen molar-refractivity contribution < 1.29 is 9.53 Å². The number of nitrogen functional groups attached to an aromatic ring is 1. The number of methoxy groups -OCH3 is 1. The SMILES string of the molecule is COc1cc(N)ccc1C(=O)NC1CCN(C)C1. The van der Waals surface area contributed by atoms with Gasteiger partial charge in [-0.2, -0.15) is 0 Å². The number of nitrogens with zero attached hydrogens (tertiary/aromatic N) is 1. The lowest BCUT2D eigenvalue weighted by atomic mass is 10.1. The summed E-state index contributed by atoms with van der Waals surface area (Å²) in [6.07, 6.45) is 0.986. The Hall–Kier alpha value is -1.75. The fourth-order valence-corrected chi connectivity index (χ4v) is 2.21. The predicted molar refractivity (Wildman–Crippen MR) is 70.8 cm³/mol. The molecule has 0 saturated carbocycles. The number of benzene rings is 1. The van der Waals surface area contributed by atoms with Crippen molar-refractivity contribution in [2.45, 2.75) is 12.5 Å². The van der Waals surface area contributed by atoms with Crippen molar-refractivity contribution >= 4 is 11.6 Å². The summed E-state index contributed by atoms with van der Waals surface area (Å²) in [6.45, 7) is 1.91. The number of anilines is 1. The Morgan fingerprint density at radius 3 is 2.94 bits per heavy atom. The van der Waals surface area contributed by atoms with E-state index in [-0.39, 0.29) is 11.9 Å². The molecular formula is C13H19N3O2. The molecule has 0 aromatic heterocycles. The third kappa shape index (κ3) is 2.73. The average Bonchev–Trinajstić information content (AvgIpc) is 2.74. The summed E-state index contributed by atoms with van der Waals surface area (Å²) >= 11 is 0. The zero-order valence-electron chi connectivity index (χ0n) is 10.8. The van der Waals surface area contributed by atoms with Gasteiger partial charge in [-0.15, -0.1) is 0 Å². The number of likely N-dealkylation sites (N-methyl/N-ethyl adjacent to an activating group) is 1.